The van der Waals surface area contributed by atoms with Crippen molar-refractivity contribution in [3.05, 3.63) is 12.2 Å². The van der Waals surface area contributed by atoms with Gasteiger partial charge in [0, 0.05) is 0 Å². The van der Waals surface area contributed by atoms with Crippen LogP contribution in [0.2, 0.25) is 0 Å². The number of fused-ring (bicyclic) bond motifs is 9. The van der Waals surface area contributed by atoms with Crippen molar-refractivity contribution in [1.29, 1.82) is 0 Å². The third-order valence-corrected chi connectivity index (χ3v) is 6.68. The second-order valence-electron chi connectivity index (χ2n) is 6.97. The first kappa shape index (κ1) is 8.74. The number of epoxide rings is 1. The molecular weight excluding hydrogens is 196 g/mol. The van der Waals surface area contributed by atoms with E-state index in [-0.39, 0.29) is 0 Å². The minimum absolute atomic E-state index is 0.661. The van der Waals surface area contributed by atoms with Gasteiger partial charge in [-0.05, 0) is 60.2 Å². The molecule has 9 unspecified atom stereocenters. The van der Waals surface area contributed by atoms with Gasteiger partial charge >= 0.3 is 0 Å². The fourth-order valence-electron chi connectivity index (χ4n) is 6.28. The van der Waals surface area contributed by atoms with Crippen LogP contribution in [0.1, 0.15) is 19.8 Å². The Morgan fingerprint density at radius 3 is 2.31 bits per heavy atom. The summed E-state index contributed by atoms with van der Waals surface area (Å²) in [5.41, 5.74) is 0. The number of hydrogen-bond acceptors (Lipinski definition) is 1. The van der Waals surface area contributed by atoms with Gasteiger partial charge in [0.15, 0.2) is 0 Å². The molecular formula is C15H20O. The van der Waals surface area contributed by atoms with E-state index >= 15 is 0 Å². The maximum Gasteiger partial charge on any atom is 0.0843 e. The third-order valence-electron chi connectivity index (χ3n) is 6.68. The molecule has 0 aromatic rings. The molecule has 0 N–H and O–H groups in total. The summed E-state index contributed by atoms with van der Waals surface area (Å²) in [6, 6.07) is 0. The summed E-state index contributed by atoms with van der Waals surface area (Å²) in [6.45, 7) is 3.59. The minimum Gasteiger partial charge on any atom is -0.373 e. The highest BCUT2D eigenvalue weighted by atomic mass is 16.6. The molecule has 4 aliphatic carbocycles. The molecule has 4 fully saturated rings. The van der Waals surface area contributed by atoms with E-state index in [9.17, 15) is 0 Å². The van der Waals surface area contributed by atoms with Crippen LogP contribution >= 0.6 is 0 Å². The van der Waals surface area contributed by atoms with Crippen LogP contribution in [0.15, 0.2) is 12.2 Å². The van der Waals surface area contributed by atoms with Crippen LogP contribution < -0.4 is 0 Å². The van der Waals surface area contributed by atoms with E-state index in [1.807, 2.05) is 0 Å². The average molecular weight is 216 g/mol. The third kappa shape index (κ3) is 0.827. The van der Waals surface area contributed by atoms with Gasteiger partial charge in [0.1, 0.15) is 0 Å². The predicted molar refractivity (Wildman–Crippen MR) is 61.7 cm³/mol. The van der Waals surface area contributed by atoms with E-state index in [0.717, 1.165) is 54.0 Å². The van der Waals surface area contributed by atoms with Crippen LogP contribution in [0.3, 0.4) is 0 Å². The average Bonchev–Trinajstić information content (AvgIpc) is 2.70. The van der Waals surface area contributed by atoms with E-state index < -0.39 is 0 Å². The fourth-order valence-corrected chi connectivity index (χ4v) is 6.28. The molecule has 3 saturated carbocycles. The van der Waals surface area contributed by atoms with Crippen molar-refractivity contribution in [2.75, 3.05) is 6.61 Å². The van der Waals surface area contributed by atoms with Gasteiger partial charge in [-0.2, -0.15) is 0 Å². The Balaban J connectivity index is 1.56. The Kier molecular flexibility index (Phi) is 1.41. The molecule has 5 rings (SSSR count). The highest BCUT2D eigenvalue weighted by molar-refractivity contribution is 5.22. The fraction of sp³-hybridized carbons (Fsp3) is 0.867. The maximum absolute atomic E-state index is 5.63. The largest absolute Gasteiger partial charge is 0.373 e. The molecule has 0 spiro atoms. The van der Waals surface area contributed by atoms with Crippen LogP contribution in [-0.2, 0) is 4.74 Å². The van der Waals surface area contributed by atoms with Gasteiger partial charge < -0.3 is 4.74 Å². The highest BCUT2D eigenvalue weighted by Crippen LogP contribution is 2.69. The van der Waals surface area contributed by atoms with E-state index in [1.165, 1.54) is 12.8 Å². The van der Waals surface area contributed by atoms with Crippen LogP contribution in [0.5, 0.6) is 0 Å². The summed E-state index contributed by atoms with van der Waals surface area (Å²) in [6.07, 6.45) is 8.78. The molecule has 1 saturated heterocycles. The SMILES string of the molecule is CC1C2CC(C1C1CO1)C1C3C=CC(C3)C21. The molecule has 16 heavy (non-hydrogen) atoms. The Morgan fingerprint density at radius 2 is 1.62 bits per heavy atom. The molecule has 1 heteroatoms. The van der Waals surface area contributed by atoms with E-state index in [1.54, 1.807) is 0 Å². The summed E-state index contributed by atoms with van der Waals surface area (Å²) >= 11 is 0. The van der Waals surface area contributed by atoms with Crippen molar-refractivity contribution in [1.82, 2.24) is 0 Å². The molecule has 0 aromatic heterocycles. The smallest absolute Gasteiger partial charge is 0.0843 e. The predicted octanol–water partition coefficient (Wildman–Crippen LogP) is 2.73. The topological polar surface area (TPSA) is 12.5 Å². The highest BCUT2D eigenvalue weighted by Gasteiger charge is 2.65. The van der Waals surface area contributed by atoms with Crippen molar-refractivity contribution in [2.24, 2.45) is 47.3 Å². The van der Waals surface area contributed by atoms with Crippen molar-refractivity contribution < 1.29 is 4.74 Å². The number of rotatable bonds is 1. The first-order chi connectivity index (χ1) is 7.84. The summed E-state index contributed by atoms with van der Waals surface area (Å²) < 4.78 is 5.63. The second kappa shape index (κ2) is 2.58. The number of allylic oxidation sites excluding steroid dienone is 2. The quantitative estimate of drug-likeness (QED) is 0.373. The van der Waals surface area contributed by atoms with Crippen molar-refractivity contribution in [2.45, 2.75) is 25.9 Å². The van der Waals surface area contributed by atoms with E-state index in [2.05, 4.69) is 19.1 Å². The Bertz CT molecular complexity index is 370. The van der Waals surface area contributed by atoms with Crippen molar-refractivity contribution >= 4 is 0 Å². The lowest BCUT2D eigenvalue weighted by molar-refractivity contribution is 0.0784. The lowest BCUT2D eigenvalue weighted by atomic mass is 9.64. The monoisotopic (exact) mass is 216 g/mol. The molecule has 4 bridgehead atoms. The summed E-state index contributed by atoms with van der Waals surface area (Å²) in [7, 11) is 0. The maximum atomic E-state index is 5.63. The molecule has 5 aliphatic rings. The van der Waals surface area contributed by atoms with Crippen molar-refractivity contribution in [3.8, 4) is 0 Å². The Morgan fingerprint density at radius 1 is 0.938 bits per heavy atom. The second-order valence-corrected chi connectivity index (χ2v) is 6.97. The minimum atomic E-state index is 0.661. The lowest BCUT2D eigenvalue weighted by Gasteiger charge is -2.40. The lowest BCUT2D eigenvalue weighted by Crippen LogP contribution is -2.38. The van der Waals surface area contributed by atoms with Crippen LogP contribution in [-0.4, -0.2) is 12.7 Å². The first-order valence-corrected chi connectivity index (χ1v) is 7.14. The van der Waals surface area contributed by atoms with Gasteiger partial charge in [-0.3, -0.25) is 0 Å². The molecule has 1 nitrogen and oxygen atoms in total. The van der Waals surface area contributed by atoms with Crippen LogP contribution in [0.4, 0.5) is 0 Å². The molecule has 0 amide bonds. The zero-order valence-electron chi connectivity index (χ0n) is 9.88. The zero-order chi connectivity index (χ0) is 10.4. The number of ether oxygens (including phenoxy) is 1. The first-order valence-electron chi connectivity index (χ1n) is 7.14. The molecule has 86 valence electrons. The number of hydrogen-bond donors (Lipinski definition) is 0. The van der Waals surface area contributed by atoms with Crippen LogP contribution in [0, 0.1) is 47.3 Å². The van der Waals surface area contributed by atoms with Gasteiger partial charge in [0.05, 0.1) is 12.7 Å². The zero-order valence-corrected chi connectivity index (χ0v) is 9.88. The van der Waals surface area contributed by atoms with Gasteiger partial charge in [-0.15, -0.1) is 0 Å². The van der Waals surface area contributed by atoms with Gasteiger partial charge in [-0.25, -0.2) is 0 Å². The summed E-state index contributed by atoms with van der Waals surface area (Å²) in [5, 5.41) is 0. The normalized spacial score (nSPS) is 68.9. The molecule has 1 heterocycles. The molecule has 0 radical (unpaired) electrons. The molecule has 0 aromatic carbocycles. The summed E-state index contributed by atoms with van der Waals surface area (Å²) in [5.74, 6) is 8.01. The van der Waals surface area contributed by atoms with Gasteiger partial charge in [-0.1, -0.05) is 19.1 Å². The Hall–Kier alpha value is -0.300. The summed E-state index contributed by atoms with van der Waals surface area (Å²) in [4.78, 5) is 0. The van der Waals surface area contributed by atoms with E-state index in [0.29, 0.717) is 6.10 Å². The molecule has 1 aliphatic heterocycles. The van der Waals surface area contributed by atoms with Gasteiger partial charge in [0.25, 0.3) is 0 Å². The standard InChI is InChI=1S/C15H20O/c1-7-10-5-11(13(7)12-6-16-12)15-9-3-2-8(4-9)14(10)15/h2-3,7-15H,4-6H2,1H3. The van der Waals surface area contributed by atoms with E-state index in [4.69, 9.17) is 4.74 Å². The van der Waals surface area contributed by atoms with Crippen molar-refractivity contribution in [3.63, 3.8) is 0 Å². The van der Waals surface area contributed by atoms with Crippen LogP contribution in [0.25, 0.3) is 0 Å². The Labute approximate surface area is 97.2 Å². The molecule has 9 atom stereocenters. The van der Waals surface area contributed by atoms with Gasteiger partial charge in [0.2, 0.25) is 0 Å².